The molecule has 2 heterocycles. The third-order valence-electron chi connectivity index (χ3n) is 4.95. The van der Waals surface area contributed by atoms with Crippen molar-refractivity contribution >= 4 is 11.8 Å². The molecule has 1 aliphatic heterocycles. The summed E-state index contributed by atoms with van der Waals surface area (Å²) in [5, 5.41) is 6.97. The van der Waals surface area contributed by atoms with Crippen molar-refractivity contribution in [2.24, 2.45) is 0 Å². The molecule has 3 aromatic rings. The van der Waals surface area contributed by atoms with Gasteiger partial charge >= 0.3 is 0 Å². The van der Waals surface area contributed by atoms with Gasteiger partial charge in [0.2, 0.25) is 0 Å². The molecule has 0 spiro atoms. The highest BCUT2D eigenvalue weighted by Gasteiger charge is 2.28. The Morgan fingerprint density at radius 2 is 1.93 bits per heavy atom. The molecule has 0 unspecified atom stereocenters. The SMILES string of the molecule is COc1cccc(CN2CCn3nc(C(=O)NCc4cccc(F)c4)cc3C2=O)c1. The lowest BCUT2D eigenvalue weighted by molar-refractivity contribution is 0.0683. The van der Waals surface area contributed by atoms with E-state index < -0.39 is 5.91 Å². The van der Waals surface area contributed by atoms with Gasteiger partial charge in [-0.3, -0.25) is 14.3 Å². The Labute approximate surface area is 173 Å². The molecule has 0 saturated carbocycles. The monoisotopic (exact) mass is 408 g/mol. The van der Waals surface area contributed by atoms with Crippen LogP contribution in [0.4, 0.5) is 4.39 Å². The summed E-state index contributed by atoms with van der Waals surface area (Å²) in [7, 11) is 1.60. The van der Waals surface area contributed by atoms with Crippen LogP contribution in [0.1, 0.15) is 32.1 Å². The number of amides is 2. The van der Waals surface area contributed by atoms with Crippen molar-refractivity contribution in [2.45, 2.75) is 19.6 Å². The quantitative estimate of drug-likeness (QED) is 0.680. The molecule has 1 N–H and O–H groups in total. The summed E-state index contributed by atoms with van der Waals surface area (Å²) in [4.78, 5) is 27.1. The summed E-state index contributed by atoms with van der Waals surface area (Å²) < 4.78 is 20.1. The van der Waals surface area contributed by atoms with Gasteiger partial charge in [0, 0.05) is 25.7 Å². The van der Waals surface area contributed by atoms with Crippen LogP contribution in [0.15, 0.2) is 54.6 Å². The van der Waals surface area contributed by atoms with Crippen molar-refractivity contribution in [2.75, 3.05) is 13.7 Å². The van der Waals surface area contributed by atoms with Crippen molar-refractivity contribution < 1.29 is 18.7 Å². The van der Waals surface area contributed by atoms with Crippen molar-refractivity contribution in [1.29, 1.82) is 0 Å². The molecular formula is C22H21FN4O3. The summed E-state index contributed by atoms with van der Waals surface area (Å²) in [5.41, 5.74) is 2.15. The molecule has 154 valence electrons. The van der Waals surface area contributed by atoms with Gasteiger partial charge in [0.1, 0.15) is 17.3 Å². The Morgan fingerprint density at radius 1 is 1.13 bits per heavy atom. The second-order valence-electron chi connectivity index (χ2n) is 7.03. The van der Waals surface area contributed by atoms with E-state index in [1.165, 1.54) is 18.2 Å². The molecular weight excluding hydrogens is 387 g/mol. The van der Waals surface area contributed by atoms with E-state index in [9.17, 15) is 14.0 Å². The number of halogens is 1. The number of fused-ring (bicyclic) bond motifs is 1. The highest BCUT2D eigenvalue weighted by atomic mass is 19.1. The van der Waals surface area contributed by atoms with Crippen LogP contribution >= 0.6 is 0 Å². The fraction of sp³-hybridized carbons (Fsp3) is 0.227. The highest BCUT2D eigenvalue weighted by Crippen LogP contribution is 2.19. The van der Waals surface area contributed by atoms with Gasteiger partial charge < -0.3 is 15.0 Å². The molecule has 0 saturated heterocycles. The zero-order valence-corrected chi connectivity index (χ0v) is 16.5. The number of ether oxygens (including phenoxy) is 1. The fourth-order valence-electron chi connectivity index (χ4n) is 3.41. The van der Waals surface area contributed by atoms with Crippen molar-refractivity contribution in [3.8, 4) is 5.75 Å². The van der Waals surface area contributed by atoms with Crippen molar-refractivity contribution in [1.82, 2.24) is 20.0 Å². The van der Waals surface area contributed by atoms with Crippen LogP contribution in [0, 0.1) is 5.82 Å². The standard InChI is InChI=1S/C22H21FN4O3/c1-30-18-7-3-5-16(11-18)14-26-8-9-27-20(22(26)29)12-19(25-27)21(28)24-13-15-4-2-6-17(23)10-15/h2-7,10-12H,8-9,13-14H2,1H3,(H,24,28). The Hall–Kier alpha value is -3.68. The number of hydrogen-bond acceptors (Lipinski definition) is 4. The largest absolute Gasteiger partial charge is 0.497 e. The zero-order valence-electron chi connectivity index (χ0n) is 16.5. The summed E-state index contributed by atoms with van der Waals surface area (Å²) >= 11 is 0. The van der Waals surface area contributed by atoms with Crippen LogP contribution in [-0.2, 0) is 19.6 Å². The van der Waals surface area contributed by atoms with E-state index in [-0.39, 0.29) is 24.0 Å². The zero-order chi connectivity index (χ0) is 21.1. The van der Waals surface area contributed by atoms with E-state index in [2.05, 4.69) is 10.4 Å². The highest BCUT2D eigenvalue weighted by molar-refractivity contribution is 5.98. The third-order valence-corrected chi connectivity index (χ3v) is 4.95. The van der Waals surface area contributed by atoms with Gasteiger partial charge in [-0.15, -0.1) is 0 Å². The second kappa shape index (κ2) is 8.36. The van der Waals surface area contributed by atoms with E-state index in [0.29, 0.717) is 30.9 Å². The number of benzene rings is 2. The molecule has 0 bridgehead atoms. The number of aromatic nitrogens is 2. The smallest absolute Gasteiger partial charge is 0.272 e. The first-order valence-corrected chi connectivity index (χ1v) is 9.56. The molecule has 30 heavy (non-hydrogen) atoms. The Bertz CT molecular complexity index is 1100. The minimum absolute atomic E-state index is 0.165. The van der Waals surface area contributed by atoms with Crippen LogP contribution in [0.2, 0.25) is 0 Å². The lowest BCUT2D eigenvalue weighted by atomic mass is 10.1. The summed E-state index contributed by atoms with van der Waals surface area (Å²) in [6.07, 6.45) is 0. The summed E-state index contributed by atoms with van der Waals surface area (Å²) in [6.45, 7) is 1.62. The molecule has 7 nitrogen and oxygen atoms in total. The van der Waals surface area contributed by atoms with Crippen LogP contribution in [0.5, 0.6) is 5.75 Å². The number of rotatable bonds is 6. The maximum atomic E-state index is 13.3. The van der Waals surface area contributed by atoms with Crippen molar-refractivity contribution in [3.63, 3.8) is 0 Å². The number of methoxy groups -OCH3 is 1. The number of nitrogens with zero attached hydrogens (tertiary/aromatic N) is 3. The van der Waals surface area contributed by atoms with Crippen LogP contribution in [0.3, 0.4) is 0 Å². The minimum atomic E-state index is -0.409. The van der Waals surface area contributed by atoms with Gasteiger partial charge in [0.15, 0.2) is 5.69 Å². The molecule has 0 fully saturated rings. The second-order valence-corrected chi connectivity index (χ2v) is 7.03. The number of nitrogens with one attached hydrogen (secondary N) is 1. The number of carbonyl (C=O) groups excluding carboxylic acids is 2. The molecule has 8 heteroatoms. The van der Waals surface area contributed by atoms with E-state index >= 15 is 0 Å². The van der Waals surface area contributed by atoms with Crippen molar-refractivity contribution in [3.05, 3.63) is 82.9 Å². The summed E-state index contributed by atoms with van der Waals surface area (Å²) in [6, 6.07) is 15.1. The van der Waals surface area contributed by atoms with Crippen LogP contribution in [-0.4, -0.2) is 40.1 Å². The summed E-state index contributed by atoms with van der Waals surface area (Å²) in [5.74, 6) is -0.214. The average Bonchev–Trinajstić information content (AvgIpc) is 3.20. The van der Waals surface area contributed by atoms with E-state index in [0.717, 1.165) is 11.3 Å². The normalized spacial score (nSPS) is 13.1. The van der Waals surface area contributed by atoms with Gasteiger partial charge in [-0.05, 0) is 35.4 Å². The fourth-order valence-corrected chi connectivity index (χ4v) is 3.41. The van der Waals surface area contributed by atoms with E-state index in [1.54, 1.807) is 28.8 Å². The van der Waals surface area contributed by atoms with Crippen LogP contribution < -0.4 is 10.1 Å². The molecule has 0 radical (unpaired) electrons. The first-order valence-electron chi connectivity index (χ1n) is 9.56. The minimum Gasteiger partial charge on any atom is -0.497 e. The first kappa shape index (κ1) is 19.6. The topological polar surface area (TPSA) is 76.5 Å². The van der Waals surface area contributed by atoms with Gasteiger partial charge in [-0.2, -0.15) is 5.10 Å². The van der Waals surface area contributed by atoms with E-state index in [1.807, 2.05) is 24.3 Å². The number of carbonyl (C=O) groups is 2. The maximum Gasteiger partial charge on any atom is 0.272 e. The average molecular weight is 408 g/mol. The number of hydrogen-bond donors (Lipinski definition) is 1. The molecule has 0 atom stereocenters. The first-order chi connectivity index (χ1) is 14.5. The molecule has 1 aromatic heterocycles. The predicted molar refractivity (Wildman–Crippen MR) is 108 cm³/mol. The maximum absolute atomic E-state index is 13.3. The molecule has 4 rings (SSSR count). The predicted octanol–water partition coefficient (Wildman–Crippen LogP) is 2.62. The Balaban J connectivity index is 1.43. The lowest BCUT2D eigenvalue weighted by Crippen LogP contribution is -2.39. The lowest BCUT2D eigenvalue weighted by Gasteiger charge is -2.27. The Morgan fingerprint density at radius 3 is 2.73 bits per heavy atom. The van der Waals surface area contributed by atoms with Gasteiger partial charge in [0.05, 0.1) is 13.7 Å². The molecule has 2 aromatic carbocycles. The third kappa shape index (κ3) is 4.17. The Kier molecular flexibility index (Phi) is 5.47. The van der Waals surface area contributed by atoms with Gasteiger partial charge in [0.25, 0.3) is 11.8 Å². The van der Waals surface area contributed by atoms with Gasteiger partial charge in [-0.1, -0.05) is 24.3 Å². The molecule has 2 amide bonds. The van der Waals surface area contributed by atoms with Crippen LogP contribution in [0.25, 0.3) is 0 Å². The van der Waals surface area contributed by atoms with Gasteiger partial charge in [-0.25, -0.2) is 4.39 Å². The molecule has 0 aliphatic carbocycles. The molecule has 1 aliphatic rings. The van der Waals surface area contributed by atoms with E-state index in [4.69, 9.17) is 4.74 Å².